The molecular formula is C23H30ClN3OS2. The van der Waals surface area contributed by atoms with Crippen LogP contribution in [-0.4, -0.2) is 23.7 Å². The van der Waals surface area contributed by atoms with Crippen LogP contribution in [0.2, 0.25) is 5.02 Å². The van der Waals surface area contributed by atoms with E-state index in [-0.39, 0.29) is 0 Å². The number of fused-ring (bicyclic) bond motifs is 2. The standard InChI is InChI=1S/C23H30ClN3OS2/c1-15(2)13-29-30-22(16(3)26-14-28)10-11-25-23-18-6-4-5-7-20(18)27-21-12-17(24)8-9-19(21)23/h8-9,12,14-15H,4-7,10-11,13H2,1-3H3,(H,25,27)(H,26,28). The molecule has 2 N–H and O–H groups in total. The van der Waals surface area contributed by atoms with Crippen LogP contribution in [0, 0.1) is 5.92 Å². The largest absolute Gasteiger partial charge is 0.384 e. The van der Waals surface area contributed by atoms with Crippen LogP contribution in [0.15, 0.2) is 28.8 Å². The molecule has 4 nitrogen and oxygen atoms in total. The Morgan fingerprint density at radius 2 is 2.10 bits per heavy atom. The maximum Gasteiger partial charge on any atom is 0.211 e. The molecule has 3 rings (SSSR count). The number of hydrogen-bond acceptors (Lipinski definition) is 5. The van der Waals surface area contributed by atoms with Gasteiger partial charge in [-0.2, -0.15) is 0 Å². The number of aryl methyl sites for hydroxylation is 1. The number of hydrogen-bond donors (Lipinski definition) is 2. The van der Waals surface area contributed by atoms with Crippen molar-refractivity contribution in [1.82, 2.24) is 10.3 Å². The normalized spacial score (nSPS) is 14.4. The number of aromatic nitrogens is 1. The molecule has 0 spiro atoms. The summed E-state index contributed by atoms with van der Waals surface area (Å²) in [4.78, 5) is 17.0. The first kappa shape index (κ1) is 23.3. The van der Waals surface area contributed by atoms with Crippen molar-refractivity contribution in [2.75, 3.05) is 17.6 Å². The molecule has 0 bridgehead atoms. The monoisotopic (exact) mass is 463 g/mol. The zero-order valence-electron chi connectivity index (χ0n) is 17.9. The van der Waals surface area contributed by atoms with Gasteiger partial charge in [-0.3, -0.25) is 9.78 Å². The first-order valence-electron chi connectivity index (χ1n) is 10.5. The summed E-state index contributed by atoms with van der Waals surface area (Å²) in [5.41, 5.74) is 5.65. The second-order valence-corrected chi connectivity index (χ2v) is 10.9. The maximum atomic E-state index is 10.9. The summed E-state index contributed by atoms with van der Waals surface area (Å²) < 4.78 is 0. The van der Waals surface area contributed by atoms with Gasteiger partial charge in [0.25, 0.3) is 0 Å². The predicted molar refractivity (Wildman–Crippen MR) is 133 cm³/mol. The summed E-state index contributed by atoms with van der Waals surface area (Å²) in [7, 11) is 3.62. The Balaban J connectivity index is 1.79. The molecule has 0 aliphatic heterocycles. The molecule has 1 aromatic carbocycles. The number of nitrogens with one attached hydrogen (secondary N) is 2. The van der Waals surface area contributed by atoms with Crippen LogP contribution in [0.25, 0.3) is 10.9 Å². The van der Waals surface area contributed by atoms with Crippen molar-refractivity contribution in [3.05, 3.63) is 45.1 Å². The Kier molecular flexibility index (Phi) is 8.78. The van der Waals surface area contributed by atoms with E-state index in [1.54, 1.807) is 10.8 Å². The number of allylic oxidation sites excluding steroid dienone is 1. The number of amides is 1. The van der Waals surface area contributed by atoms with E-state index in [4.69, 9.17) is 16.6 Å². The van der Waals surface area contributed by atoms with Crippen LogP contribution >= 0.6 is 33.2 Å². The van der Waals surface area contributed by atoms with E-state index in [1.165, 1.54) is 34.7 Å². The van der Waals surface area contributed by atoms with Crippen LogP contribution in [-0.2, 0) is 17.6 Å². The van der Waals surface area contributed by atoms with Crippen LogP contribution in [0.1, 0.15) is 51.3 Å². The molecule has 1 aliphatic rings. The average molecular weight is 464 g/mol. The molecule has 0 saturated carbocycles. The fourth-order valence-corrected chi connectivity index (χ4v) is 6.69. The van der Waals surface area contributed by atoms with Crippen LogP contribution in [0.5, 0.6) is 0 Å². The fourth-order valence-electron chi connectivity index (χ4n) is 3.60. The molecule has 1 aromatic heterocycles. The molecule has 0 unspecified atom stereocenters. The van der Waals surface area contributed by atoms with Gasteiger partial charge in [-0.25, -0.2) is 0 Å². The highest BCUT2D eigenvalue weighted by Crippen LogP contribution is 2.37. The third-order valence-electron chi connectivity index (χ3n) is 5.13. The van der Waals surface area contributed by atoms with Gasteiger partial charge in [-0.1, -0.05) is 47.0 Å². The minimum Gasteiger partial charge on any atom is -0.384 e. The number of nitrogens with zero attached hydrogens (tertiary/aromatic N) is 1. The molecule has 0 radical (unpaired) electrons. The molecule has 2 aromatic rings. The lowest BCUT2D eigenvalue weighted by Crippen LogP contribution is -2.14. The van der Waals surface area contributed by atoms with E-state index >= 15 is 0 Å². The Morgan fingerprint density at radius 3 is 2.87 bits per heavy atom. The molecule has 1 amide bonds. The molecule has 0 atom stereocenters. The fraction of sp³-hybridized carbons (Fsp3) is 0.478. The highest BCUT2D eigenvalue weighted by Gasteiger charge is 2.18. The van der Waals surface area contributed by atoms with E-state index in [0.717, 1.165) is 59.6 Å². The number of rotatable bonds is 10. The predicted octanol–water partition coefficient (Wildman–Crippen LogP) is 6.58. The smallest absolute Gasteiger partial charge is 0.211 e. The lowest BCUT2D eigenvalue weighted by atomic mass is 9.92. The van der Waals surface area contributed by atoms with Crippen LogP contribution in [0.3, 0.4) is 0 Å². The molecular weight excluding hydrogens is 434 g/mol. The summed E-state index contributed by atoms with van der Waals surface area (Å²) in [6, 6.07) is 5.97. The van der Waals surface area contributed by atoms with Crippen molar-refractivity contribution in [2.24, 2.45) is 5.92 Å². The Labute approximate surface area is 192 Å². The van der Waals surface area contributed by atoms with Gasteiger partial charge in [0, 0.05) is 44.7 Å². The van der Waals surface area contributed by atoms with E-state index in [0.29, 0.717) is 5.92 Å². The lowest BCUT2D eigenvalue weighted by Gasteiger charge is -2.22. The molecule has 30 heavy (non-hydrogen) atoms. The SMILES string of the molecule is CC(NC=O)=C(CCNc1c2c(nc3cc(Cl)ccc13)CCCC2)SSCC(C)C. The van der Waals surface area contributed by atoms with Gasteiger partial charge in [0.1, 0.15) is 0 Å². The molecule has 1 heterocycles. The van der Waals surface area contributed by atoms with Gasteiger partial charge in [-0.15, -0.1) is 0 Å². The first-order valence-corrected chi connectivity index (χ1v) is 13.2. The van der Waals surface area contributed by atoms with Gasteiger partial charge in [-0.05, 0) is 68.7 Å². The highest BCUT2D eigenvalue weighted by molar-refractivity contribution is 8.78. The minimum atomic E-state index is 0.641. The van der Waals surface area contributed by atoms with Gasteiger partial charge in [0.05, 0.1) is 5.52 Å². The quantitative estimate of drug-likeness (QED) is 0.307. The molecule has 0 saturated heterocycles. The van der Waals surface area contributed by atoms with Crippen molar-refractivity contribution in [3.8, 4) is 0 Å². The van der Waals surface area contributed by atoms with Gasteiger partial charge < -0.3 is 10.6 Å². The highest BCUT2D eigenvalue weighted by atomic mass is 35.5. The Hall–Kier alpha value is -1.37. The Bertz CT molecular complexity index is 930. The molecule has 1 aliphatic carbocycles. The van der Waals surface area contributed by atoms with Crippen LogP contribution in [0.4, 0.5) is 5.69 Å². The Morgan fingerprint density at radius 1 is 1.30 bits per heavy atom. The number of carbonyl (C=O) groups is 1. The maximum absolute atomic E-state index is 10.9. The lowest BCUT2D eigenvalue weighted by molar-refractivity contribution is -0.108. The third kappa shape index (κ3) is 6.08. The van der Waals surface area contributed by atoms with E-state index in [1.807, 2.05) is 29.9 Å². The van der Waals surface area contributed by atoms with Crippen molar-refractivity contribution < 1.29 is 4.79 Å². The van der Waals surface area contributed by atoms with Gasteiger partial charge >= 0.3 is 0 Å². The topological polar surface area (TPSA) is 54.0 Å². The second-order valence-electron chi connectivity index (χ2n) is 8.03. The molecule has 162 valence electrons. The summed E-state index contributed by atoms with van der Waals surface area (Å²) in [6.07, 6.45) is 6.11. The first-order chi connectivity index (χ1) is 14.5. The molecule has 0 fully saturated rings. The average Bonchev–Trinajstić information content (AvgIpc) is 2.71. The van der Waals surface area contributed by atoms with E-state index in [9.17, 15) is 4.79 Å². The summed E-state index contributed by atoms with van der Waals surface area (Å²) in [5, 5.41) is 8.39. The summed E-state index contributed by atoms with van der Waals surface area (Å²) in [6.45, 7) is 7.22. The van der Waals surface area contributed by atoms with Crippen molar-refractivity contribution in [1.29, 1.82) is 0 Å². The van der Waals surface area contributed by atoms with Crippen molar-refractivity contribution in [2.45, 2.75) is 52.9 Å². The number of benzene rings is 1. The number of carbonyl (C=O) groups excluding carboxylic acids is 1. The zero-order chi connectivity index (χ0) is 21.5. The van der Waals surface area contributed by atoms with Gasteiger partial charge in [0.2, 0.25) is 6.41 Å². The van der Waals surface area contributed by atoms with Gasteiger partial charge in [0.15, 0.2) is 0 Å². The summed E-state index contributed by atoms with van der Waals surface area (Å²) in [5.74, 6) is 1.72. The van der Waals surface area contributed by atoms with E-state index in [2.05, 4.69) is 30.5 Å². The second kappa shape index (κ2) is 11.3. The van der Waals surface area contributed by atoms with Crippen molar-refractivity contribution in [3.63, 3.8) is 0 Å². The summed E-state index contributed by atoms with van der Waals surface area (Å²) >= 11 is 6.23. The zero-order valence-corrected chi connectivity index (χ0v) is 20.3. The van der Waals surface area contributed by atoms with Crippen molar-refractivity contribution >= 4 is 56.2 Å². The number of pyridine rings is 1. The third-order valence-corrected chi connectivity index (χ3v) is 8.37. The number of anilines is 1. The molecule has 7 heteroatoms. The van der Waals surface area contributed by atoms with E-state index < -0.39 is 0 Å². The number of halogens is 1. The van der Waals surface area contributed by atoms with Crippen LogP contribution < -0.4 is 10.6 Å². The minimum absolute atomic E-state index is 0.641.